The Labute approximate surface area is 100 Å². The third-order valence-electron chi connectivity index (χ3n) is 2.52. The number of likely N-dealkylation sites (N-methyl/N-ethyl adjacent to an activating group) is 1. The first-order valence-corrected chi connectivity index (χ1v) is 5.44. The Hall–Kier alpha value is -1.59. The van der Waals surface area contributed by atoms with Crippen molar-refractivity contribution in [2.45, 2.75) is 12.5 Å². The van der Waals surface area contributed by atoms with Gasteiger partial charge in [-0.15, -0.1) is 0 Å². The molecule has 0 aliphatic carbocycles. The summed E-state index contributed by atoms with van der Waals surface area (Å²) < 4.78 is 0. The molecule has 0 spiro atoms. The molecule has 0 heterocycles. The molecule has 1 aromatic rings. The van der Waals surface area contributed by atoms with Crippen molar-refractivity contribution in [2.24, 2.45) is 5.73 Å². The molecule has 94 valence electrons. The van der Waals surface area contributed by atoms with E-state index in [4.69, 9.17) is 15.9 Å². The fourth-order valence-electron chi connectivity index (χ4n) is 1.52. The van der Waals surface area contributed by atoms with Gasteiger partial charge < -0.3 is 20.8 Å². The Morgan fingerprint density at radius 1 is 1.41 bits per heavy atom. The van der Waals surface area contributed by atoms with E-state index in [0.717, 1.165) is 5.56 Å². The summed E-state index contributed by atoms with van der Waals surface area (Å²) in [4.78, 5) is 13.2. The maximum Gasteiger partial charge on any atom is 0.239 e. The highest BCUT2D eigenvalue weighted by molar-refractivity contribution is 5.81. The predicted molar refractivity (Wildman–Crippen MR) is 64.5 cm³/mol. The first-order valence-electron chi connectivity index (χ1n) is 5.44. The van der Waals surface area contributed by atoms with Crippen LogP contribution in [0, 0.1) is 0 Å². The van der Waals surface area contributed by atoms with E-state index in [1.165, 1.54) is 4.90 Å². The number of aliphatic hydroxyl groups excluding tert-OH is 1. The summed E-state index contributed by atoms with van der Waals surface area (Å²) in [7, 11) is 1.61. The number of amides is 1. The van der Waals surface area contributed by atoms with Gasteiger partial charge in [-0.05, 0) is 24.1 Å². The molecule has 1 aromatic carbocycles. The second-order valence-electron chi connectivity index (χ2n) is 3.96. The molecule has 4 N–H and O–H groups in total. The number of phenolic OH excluding ortho intramolecular Hbond substituents is 1. The van der Waals surface area contributed by atoms with E-state index >= 15 is 0 Å². The molecule has 0 unspecified atom stereocenters. The lowest BCUT2D eigenvalue weighted by Crippen LogP contribution is -2.44. The zero-order valence-electron chi connectivity index (χ0n) is 9.84. The van der Waals surface area contributed by atoms with Gasteiger partial charge in [0, 0.05) is 13.6 Å². The SMILES string of the molecule is CN(CCO)C(=O)[C@@H](N)Cc1ccc(O)cc1. The van der Waals surface area contributed by atoms with Crippen LogP contribution < -0.4 is 5.73 Å². The predicted octanol–water partition coefficient (Wildman–Crippen LogP) is -0.287. The summed E-state index contributed by atoms with van der Waals surface area (Å²) in [6, 6.07) is 5.95. The van der Waals surface area contributed by atoms with E-state index in [2.05, 4.69) is 0 Å². The van der Waals surface area contributed by atoms with Crippen LogP contribution in [0.5, 0.6) is 5.75 Å². The number of aromatic hydroxyl groups is 1. The van der Waals surface area contributed by atoms with Crippen molar-refractivity contribution in [2.75, 3.05) is 20.2 Å². The van der Waals surface area contributed by atoms with Crippen molar-refractivity contribution >= 4 is 5.91 Å². The summed E-state index contributed by atoms with van der Waals surface area (Å²) in [5, 5.41) is 17.8. The van der Waals surface area contributed by atoms with E-state index in [9.17, 15) is 4.79 Å². The van der Waals surface area contributed by atoms with E-state index in [0.29, 0.717) is 6.42 Å². The molecule has 0 saturated carbocycles. The van der Waals surface area contributed by atoms with Crippen molar-refractivity contribution in [3.8, 4) is 5.75 Å². The molecule has 1 rings (SSSR count). The number of hydrogen-bond acceptors (Lipinski definition) is 4. The van der Waals surface area contributed by atoms with Gasteiger partial charge in [-0.3, -0.25) is 4.79 Å². The van der Waals surface area contributed by atoms with Crippen LogP contribution in [-0.2, 0) is 11.2 Å². The lowest BCUT2D eigenvalue weighted by molar-refractivity contribution is -0.131. The van der Waals surface area contributed by atoms with Crippen molar-refractivity contribution in [1.82, 2.24) is 4.90 Å². The van der Waals surface area contributed by atoms with Crippen molar-refractivity contribution in [1.29, 1.82) is 0 Å². The summed E-state index contributed by atoms with van der Waals surface area (Å²) in [5.74, 6) is -0.0156. The highest BCUT2D eigenvalue weighted by Gasteiger charge is 2.17. The average molecular weight is 238 g/mol. The zero-order chi connectivity index (χ0) is 12.8. The molecular weight excluding hydrogens is 220 g/mol. The summed E-state index contributed by atoms with van der Waals surface area (Å²) in [6.07, 6.45) is 0.412. The van der Waals surface area contributed by atoms with Crippen LogP contribution in [0.15, 0.2) is 24.3 Å². The van der Waals surface area contributed by atoms with Crippen LogP contribution in [0.4, 0.5) is 0 Å². The second-order valence-corrected chi connectivity index (χ2v) is 3.96. The lowest BCUT2D eigenvalue weighted by atomic mass is 10.1. The number of rotatable bonds is 5. The fourth-order valence-corrected chi connectivity index (χ4v) is 1.52. The smallest absolute Gasteiger partial charge is 0.239 e. The second kappa shape index (κ2) is 6.22. The number of carbonyl (C=O) groups excluding carboxylic acids is 1. The van der Waals surface area contributed by atoms with Crippen molar-refractivity contribution in [3.05, 3.63) is 29.8 Å². The van der Waals surface area contributed by atoms with E-state index in [1.807, 2.05) is 0 Å². The lowest BCUT2D eigenvalue weighted by Gasteiger charge is -2.20. The van der Waals surface area contributed by atoms with Gasteiger partial charge in [-0.1, -0.05) is 12.1 Å². The highest BCUT2D eigenvalue weighted by Crippen LogP contribution is 2.11. The molecule has 0 aliphatic heterocycles. The van der Waals surface area contributed by atoms with Crippen LogP contribution in [0.1, 0.15) is 5.56 Å². The standard InChI is InChI=1S/C12H18N2O3/c1-14(6-7-15)12(17)11(13)8-9-2-4-10(16)5-3-9/h2-5,11,15-16H,6-8,13H2,1H3/t11-/m0/s1. The first kappa shape index (κ1) is 13.5. The quantitative estimate of drug-likeness (QED) is 0.658. The van der Waals surface area contributed by atoms with E-state index in [1.54, 1.807) is 31.3 Å². The van der Waals surface area contributed by atoms with Gasteiger partial charge in [-0.25, -0.2) is 0 Å². The molecule has 0 saturated heterocycles. The number of hydrogen-bond donors (Lipinski definition) is 3. The molecular formula is C12H18N2O3. The monoisotopic (exact) mass is 238 g/mol. The number of nitrogens with zero attached hydrogens (tertiary/aromatic N) is 1. The third kappa shape index (κ3) is 4.05. The third-order valence-corrected chi connectivity index (χ3v) is 2.52. The highest BCUT2D eigenvalue weighted by atomic mass is 16.3. The Balaban J connectivity index is 2.56. The number of nitrogens with two attached hydrogens (primary N) is 1. The number of phenols is 1. The van der Waals surface area contributed by atoms with Gasteiger partial charge in [0.25, 0.3) is 0 Å². The molecule has 5 nitrogen and oxygen atoms in total. The Bertz CT molecular complexity index is 365. The largest absolute Gasteiger partial charge is 0.508 e. The minimum absolute atomic E-state index is 0.0752. The van der Waals surface area contributed by atoms with Gasteiger partial charge in [-0.2, -0.15) is 0 Å². The maximum absolute atomic E-state index is 11.7. The van der Waals surface area contributed by atoms with Crippen LogP contribution in [0.25, 0.3) is 0 Å². The molecule has 0 fully saturated rings. The molecule has 17 heavy (non-hydrogen) atoms. The molecule has 0 aliphatic rings. The van der Waals surface area contributed by atoms with Crippen LogP contribution in [-0.4, -0.2) is 47.3 Å². The molecule has 5 heteroatoms. The molecule has 1 amide bonds. The Morgan fingerprint density at radius 3 is 2.53 bits per heavy atom. The van der Waals surface area contributed by atoms with Crippen LogP contribution in [0.3, 0.4) is 0 Å². The van der Waals surface area contributed by atoms with E-state index < -0.39 is 6.04 Å². The normalized spacial score (nSPS) is 12.2. The zero-order valence-corrected chi connectivity index (χ0v) is 9.84. The minimum atomic E-state index is -0.629. The topological polar surface area (TPSA) is 86.8 Å². The van der Waals surface area contributed by atoms with Crippen molar-refractivity contribution < 1.29 is 15.0 Å². The van der Waals surface area contributed by atoms with Gasteiger partial charge in [0.1, 0.15) is 5.75 Å². The Kier molecular flexibility index (Phi) is 4.93. The van der Waals surface area contributed by atoms with Crippen LogP contribution >= 0.6 is 0 Å². The van der Waals surface area contributed by atoms with Crippen molar-refractivity contribution in [3.63, 3.8) is 0 Å². The number of aliphatic hydroxyl groups is 1. The molecule has 0 radical (unpaired) electrons. The molecule has 0 bridgehead atoms. The maximum atomic E-state index is 11.7. The first-order chi connectivity index (χ1) is 8.04. The van der Waals surface area contributed by atoms with Gasteiger partial charge in [0.15, 0.2) is 0 Å². The fraction of sp³-hybridized carbons (Fsp3) is 0.417. The number of benzene rings is 1. The van der Waals surface area contributed by atoms with Gasteiger partial charge in [0.05, 0.1) is 12.6 Å². The molecule has 1 atom stereocenters. The molecule has 0 aromatic heterocycles. The van der Waals surface area contributed by atoms with Gasteiger partial charge in [0.2, 0.25) is 5.91 Å². The summed E-state index contributed by atoms with van der Waals surface area (Å²) in [6.45, 7) is 0.205. The average Bonchev–Trinajstić information content (AvgIpc) is 2.31. The summed E-state index contributed by atoms with van der Waals surface area (Å²) >= 11 is 0. The van der Waals surface area contributed by atoms with E-state index in [-0.39, 0.29) is 24.8 Å². The van der Waals surface area contributed by atoms with Crippen LogP contribution in [0.2, 0.25) is 0 Å². The summed E-state index contributed by atoms with van der Waals surface area (Å²) in [5.41, 5.74) is 6.67. The minimum Gasteiger partial charge on any atom is -0.508 e. The number of carbonyl (C=O) groups is 1. The Morgan fingerprint density at radius 2 is 2.00 bits per heavy atom. The van der Waals surface area contributed by atoms with Gasteiger partial charge >= 0.3 is 0 Å².